The second-order valence-electron chi connectivity index (χ2n) is 17.1. The molecule has 15 heteroatoms. The van der Waals surface area contributed by atoms with Crippen LogP contribution in [0.25, 0.3) is 10.6 Å². The normalized spacial score (nSPS) is 36.2. The minimum Gasteiger partial charge on any atom is -0.457 e. The number of cyclic esters (lactones) is 1. The zero-order valence-electron chi connectivity index (χ0n) is 36.3. The van der Waals surface area contributed by atoms with E-state index in [9.17, 15) is 24.3 Å². The molecule has 0 aliphatic carbocycles. The first-order valence-electron chi connectivity index (χ1n) is 20.9. The number of carbonyl (C=O) groups is 4. The Bertz CT molecular complexity index is 1790. The fourth-order valence-corrected chi connectivity index (χ4v) is 10.3. The Hall–Kier alpha value is -3.60. The van der Waals surface area contributed by atoms with Gasteiger partial charge >= 0.3 is 12.1 Å². The number of hydrogen-bond acceptors (Lipinski definition) is 14. The van der Waals surface area contributed by atoms with E-state index in [0.717, 1.165) is 28.3 Å². The number of ketones is 2. The number of fused-ring (bicyclic) bond motifs is 1. The van der Waals surface area contributed by atoms with Crippen LogP contribution in [0, 0.1) is 23.7 Å². The number of nitrogens with zero attached hydrogens (tertiary/aromatic N) is 4. The minimum absolute atomic E-state index is 0.110. The second kappa shape index (κ2) is 19.4. The van der Waals surface area contributed by atoms with Gasteiger partial charge in [-0.1, -0.05) is 34.3 Å². The first-order valence-corrected chi connectivity index (χ1v) is 21.7. The van der Waals surface area contributed by atoms with Crippen molar-refractivity contribution in [2.24, 2.45) is 23.7 Å². The van der Waals surface area contributed by atoms with E-state index in [1.807, 2.05) is 44.2 Å². The van der Waals surface area contributed by atoms with Crippen molar-refractivity contribution < 1.29 is 48.0 Å². The lowest BCUT2D eigenvalue weighted by atomic mass is 9.72. The molecule has 2 aromatic heterocycles. The largest absolute Gasteiger partial charge is 0.457 e. The number of aliphatic hydroxyl groups is 1. The van der Waals surface area contributed by atoms with Gasteiger partial charge in [-0.15, -0.1) is 11.3 Å². The van der Waals surface area contributed by atoms with Gasteiger partial charge in [0.1, 0.15) is 28.9 Å². The van der Waals surface area contributed by atoms with Crippen LogP contribution in [0.4, 0.5) is 4.79 Å². The van der Waals surface area contributed by atoms with Crippen molar-refractivity contribution in [3.63, 3.8) is 0 Å². The van der Waals surface area contributed by atoms with Gasteiger partial charge < -0.3 is 33.7 Å². The van der Waals surface area contributed by atoms with Crippen LogP contribution in [0.5, 0.6) is 0 Å². The number of pyridine rings is 1. The number of esters is 1. The molecule has 1 amide bonds. The maximum atomic E-state index is 14.8. The van der Waals surface area contributed by atoms with E-state index in [2.05, 4.69) is 16.5 Å². The van der Waals surface area contributed by atoms with Gasteiger partial charge in [-0.3, -0.25) is 24.3 Å². The lowest BCUT2D eigenvalue weighted by molar-refractivity contribution is -0.295. The van der Waals surface area contributed by atoms with Crippen molar-refractivity contribution >= 4 is 35.0 Å². The molecule has 1 N–H and O–H groups in total. The van der Waals surface area contributed by atoms with Crippen molar-refractivity contribution in [1.29, 1.82) is 0 Å². The Morgan fingerprint density at radius 3 is 2.44 bits per heavy atom. The monoisotopic (exact) mass is 840 g/mol. The molecule has 59 heavy (non-hydrogen) atoms. The third-order valence-electron chi connectivity index (χ3n) is 12.7. The highest BCUT2D eigenvalue weighted by Gasteiger charge is 2.61. The van der Waals surface area contributed by atoms with E-state index in [-0.39, 0.29) is 37.3 Å². The van der Waals surface area contributed by atoms with Crippen molar-refractivity contribution in [1.82, 2.24) is 19.8 Å². The molecule has 5 rings (SSSR count). The molecule has 5 heterocycles. The highest BCUT2D eigenvalue weighted by Crippen LogP contribution is 2.44. The van der Waals surface area contributed by atoms with E-state index >= 15 is 0 Å². The van der Waals surface area contributed by atoms with E-state index in [1.165, 1.54) is 20.1 Å². The molecular weight excluding hydrogens is 777 g/mol. The van der Waals surface area contributed by atoms with Gasteiger partial charge in [-0.05, 0) is 91.6 Å². The maximum absolute atomic E-state index is 14.8. The smallest absolute Gasteiger partial charge is 0.411 e. The minimum atomic E-state index is -1.59. The summed E-state index contributed by atoms with van der Waals surface area (Å²) in [7, 11) is 5.23. The Labute approximate surface area is 353 Å². The average Bonchev–Trinajstić information content (AvgIpc) is 3.82. The van der Waals surface area contributed by atoms with Crippen LogP contribution in [0.1, 0.15) is 85.4 Å². The Kier molecular flexibility index (Phi) is 15.3. The number of carbonyl (C=O) groups excluding carboxylic acids is 4. The summed E-state index contributed by atoms with van der Waals surface area (Å²) in [6, 6.07) is 2.67. The van der Waals surface area contributed by atoms with Crippen LogP contribution in [0.3, 0.4) is 0 Å². The number of unbranched alkanes of at least 4 members (excludes halogenated alkanes) is 1. The number of Topliss-reactive ketones (excluding diaryl/α,β-unsaturated/α-hetero) is 2. The number of aliphatic hydroxyl groups excluding tert-OH is 1. The number of amides is 1. The molecule has 3 aliphatic heterocycles. The first-order chi connectivity index (χ1) is 27.9. The molecule has 0 aromatic carbocycles. The molecule has 14 nitrogen and oxygen atoms in total. The van der Waals surface area contributed by atoms with Crippen LogP contribution < -0.4 is 0 Å². The number of thiazole rings is 1. The van der Waals surface area contributed by atoms with Gasteiger partial charge in [0.05, 0.1) is 23.9 Å². The SMILES string of the molecule is C=C[C@]12OC(=O)N(CCCCc3cnc(-c4cccnc4)s3)[C@@H]1[C@@H](C)C(=O)[C@H](C)C[C@@](C)(OC)[C@H](O[C@@H]1O[C@H](C)C[C@H](N(C)C)[C@H]1O)[C@@H](C)C(=O)[C@@H](C)C(=O)O[C@@H]2CC. The molecule has 13 atom stereocenters. The third kappa shape index (κ3) is 9.65. The summed E-state index contributed by atoms with van der Waals surface area (Å²) in [4.78, 5) is 70.5. The number of rotatable bonds is 12. The van der Waals surface area contributed by atoms with Gasteiger partial charge in [0.25, 0.3) is 0 Å². The highest BCUT2D eigenvalue weighted by atomic mass is 32.1. The maximum Gasteiger partial charge on any atom is 0.411 e. The van der Waals surface area contributed by atoms with E-state index in [0.29, 0.717) is 12.8 Å². The Morgan fingerprint density at radius 2 is 1.81 bits per heavy atom. The van der Waals surface area contributed by atoms with Crippen LogP contribution in [0.15, 0.2) is 43.4 Å². The molecule has 3 saturated heterocycles. The summed E-state index contributed by atoms with van der Waals surface area (Å²) in [6.07, 6.45) is 4.59. The molecule has 0 saturated carbocycles. The van der Waals surface area contributed by atoms with E-state index in [4.69, 9.17) is 23.7 Å². The zero-order valence-corrected chi connectivity index (χ0v) is 37.1. The predicted molar refractivity (Wildman–Crippen MR) is 222 cm³/mol. The number of hydrogen-bond donors (Lipinski definition) is 1. The Balaban J connectivity index is 1.46. The number of aromatic nitrogens is 2. The summed E-state index contributed by atoms with van der Waals surface area (Å²) in [5.41, 5.74) is -1.93. The number of aryl methyl sites for hydroxylation is 1. The van der Waals surface area contributed by atoms with Crippen molar-refractivity contribution in [3.8, 4) is 10.6 Å². The van der Waals surface area contributed by atoms with Crippen LogP contribution >= 0.6 is 11.3 Å². The van der Waals surface area contributed by atoms with E-state index in [1.54, 1.807) is 63.2 Å². The summed E-state index contributed by atoms with van der Waals surface area (Å²) < 4.78 is 31.3. The molecule has 3 fully saturated rings. The van der Waals surface area contributed by atoms with Gasteiger partial charge in [0.2, 0.25) is 0 Å². The molecule has 0 bridgehead atoms. The third-order valence-corrected chi connectivity index (χ3v) is 13.8. The van der Waals surface area contributed by atoms with Gasteiger partial charge in [-0.25, -0.2) is 9.78 Å². The second-order valence-corrected chi connectivity index (χ2v) is 18.2. The van der Waals surface area contributed by atoms with E-state index < -0.39 is 83.4 Å². The molecule has 0 spiro atoms. The Morgan fingerprint density at radius 1 is 1.08 bits per heavy atom. The lowest BCUT2D eigenvalue weighted by Crippen LogP contribution is -2.60. The number of likely N-dealkylation sites (N-methyl/N-ethyl adjacent to an activating group) is 1. The first kappa shape index (κ1) is 46.5. The fraction of sp³-hybridized carbons (Fsp3) is 0.682. The van der Waals surface area contributed by atoms with Gasteiger partial charge in [0.15, 0.2) is 17.7 Å². The number of ether oxygens (including phenoxy) is 5. The molecule has 0 unspecified atom stereocenters. The van der Waals surface area contributed by atoms with Gasteiger partial charge in [-0.2, -0.15) is 0 Å². The van der Waals surface area contributed by atoms with Crippen molar-refractivity contribution in [2.75, 3.05) is 27.7 Å². The van der Waals surface area contributed by atoms with Crippen LogP contribution in [-0.2, 0) is 44.5 Å². The molecular formula is C44H64N4O10S. The molecule has 2 aromatic rings. The molecule has 3 aliphatic rings. The summed E-state index contributed by atoms with van der Waals surface area (Å²) in [5.74, 6) is -5.17. The quantitative estimate of drug-likeness (QED) is 0.116. The lowest BCUT2D eigenvalue weighted by Gasteiger charge is -2.47. The fourth-order valence-electron chi connectivity index (χ4n) is 9.31. The summed E-state index contributed by atoms with van der Waals surface area (Å²) >= 11 is 1.60. The van der Waals surface area contributed by atoms with Gasteiger partial charge in [0, 0.05) is 66.5 Å². The van der Waals surface area contributed by atoms with Crippen molar-refractivity contribution in [3.05, 3.63) is 48.3 Å². The van der Waals surface area contributed by atoms with Crippen LogP contribution in [-0.4, -0.2) is 130 Å². The number of methoxy groups -OCH3 is 1. The zero-order chi connectivity index (χ0) is 43.4. The van der Waals surface area contributed by atoms with Crippen molar-refractivity contribution in [2.45, 2.75) is 141 Å². The average molecular weight is 841 g/mol. The molecule has 326 valence electrons. The highest BCUT2D eigenvalue weighted by molar-refractivity contribution is 7.15. The standard InChI is InChI=1S/C44H64N4O10S/c1-12-33-44(13-2)37(48(42(53)58-44)20-15-14-18-31-24-46-39(59-31)30-17-16-19-45-23-30)27(5)34(49)25(3)22-43(8,54-11)38(28(6)35(50)29(7)40(52)56-33)57-41-36(51)32(47(9)10)21-26(4)55-41/h13,16-17,19,23-29,32-33,36-38,41,51H,2,12,14-15,18,20-22H2,1,3-11H3/t25-,26-,27+,28+,29-,32+,33-,36-,37-,38-,41+,43-,44-/m1/s1. The molecule has 0 radical (unpaired) electrons. The summed E-state index contributed by atoms with van der Waals surface area (Å²) in [6.45, 7) is 16.5. The predicted octanol–water partition coefficient (Wildman–Crippen LogP) is 5.90. The van der Waals surface area contributed by atoms with Crippen LogP contribution in [0.2, 0.25) is 0 Å². The topological polar surface area (TPSA) is 167 Å². The summed E-state index contributed by atoms with van der Waals surface area (Å²) in [5, 5.41) is 12.3.